The maximum Gasteiger partial charge on any atom is 0.337 e. The number of methoxy groups -OCH3 is 1. The molecule has 3 aromatic carbocycles. The summed E-state index contributed by atoms with van der Waals surface area (Å²) < 4.78 is 4.69. The number of amides is 3. The number of urea groups is 1. The standard InChI is InChI=1S/C23H20N2O4/c1-23(19-9-5-7-16-6-3-4-8-18(16)19)21(27)25(22(28)24-23)14-15-10-12-17(13-11-15)20(26)29-2/h3-13H,14H2,1-2H3,(H,24,28)/t23-/m0/s1. The van der Waals surface area contributed by atoms with E-state index in [0.717, 1.165) is 21.9 Å². The molecule has 0 aromatic heterocycles. The molecule has 146 valence electrons. The summed E-state index contributed by atoms with van der Waals surface area (Å²) in [6.45, 7) is 1.85. The van der Waals surface area contributed by atoms with Crippen LogP contribution < -0.4 is 5.32 Å². The summed E-state index contributed by atoms with van der Waals surface area (Å²) in [5.41, 5.74) is 0.763. The Hall–Kier alpha value is -3.67. The van der Waals surface area contributed by atoms with Crippen LogP contribution in [0.3, 0.4) is 0 Å². The summed E-state index contributed by atoms with van der Waals surface area (Å²) in [7, 11) is 1.32. The maximum absolute atomic E-state index is 13.3. The first-order valence-electron chi connectivity index (χ1n) is 9.23. The summed E-state index contributed by atoms with van der Waals surface area (Å²) in [4.78, 5) is 38.7. The molecule has 1 atom stereocenters. The average Bonchev–Trinajstić information content (AvgIpc) is 2.97. The topological polar surface area (TPSA) is 75.7 Å². The number of fused-ring (bicyclic) bond motifs is 1. The number of rotatable bonds is 4. The van der Waals surface area contributed by atoms with Gasteiger partial charge < -0.3 is 10.1 Å². The Morgan fingerprint density at radius 2 is 1.69 bits per heavy atom. The molecular weight excluding hydrogens is 368 g/mol. The van der Waals surface area contributed by atoms with Gasteiger partial charge in [-0.1, -0.05) is 54.6 Å². The van der Waals surface area contributed by atoms with E-state index in [-0.39, 0.29) is 12.5 Å². The molecule has 1 fully saturated rings. The normalized spacial score (nSPS) is 18.8. The fourth-order valence-corrected chi connectivity index (χ4v) is 3.73. The lowest BCUT2D eigenvalue weighted by Crippen LogP contribution is -2.41. The summed E-state index contributed by atoms with van der Waals surface area (Å²) >= 11 is 0. The van der Waals surface area contributed by atoms with Crippen LogP contribution in [0.15, 0.2) is 66.7 Å². The number of nitrogens with zero attached hydrogens (tertiary/aromatic N) is 1. The Kier molecular flexibility index (Phi) is 4.54. The SMILES string of the molecule is COC(=O)c1ccc(CN2C(=O)N[C@@](C)(c3cccc4ccccc34)C2=O)cc1. The number of imide groups is 1. The summed E-state index contributed by atoms with van der Waals surface area (Å²) in [6, 6.07) is 19.7. The van der Waals surface area contributed by atoms with E-state index < -0.39 is 17.5 Å². The average molecular weight is 388 g/mol. The van der Waals surface area contributed by atoms with Crippen LogP contribution in [0, 0.1) is 0 Å². The van der Waals surface area contributed by atoms with Crippen molar-refractivity contribution in [2.45, 2.75) is 19.0 Å². The van der Waals surface area contributed by atoms with Crippen molar-refractivity contribution in [2.24, 2.45) is 0 Å². The van der Waals surface area contributed by atoms with Crippen molar-refractivity contribution in [3.63, 3.8) is 0 Å². The van der Waals surface area contributed by atoms with Gasteiger partial charge in [0.1, 0.15) is 5.54 Å². The second kappa shape index (κ2) is 7.05. The van der Waals surface area contributed by atoms with Crippen LogP contribution in [-0.4, -0.2) is 29.9 Å². The number of nitrogens with one attached hydrogen (secondary N) is 1. The molecule has 3 amide bonds. The molecule has 1 saturated heterocycles. The number of carbonyl (C=O) groups excluding carboxylic acids is 3. The molecule has 1 N–H and O–H groups in total. The third-order valence-electron chi connectivity index (χ3n) is 5.32. The number of ether oxygens (including phenoxy) is 1. The minimum atomic E-state index is -1.15. The van der Waals surface area contributed by atoms with Crippen LogP contribution in [0.1, 0.15) is 28.4 Å². The van der Waals surface area contributed by atoms with Crippen molar-refractivity contribution in [1.29, 1.82) is 0 Å². The first-order valence-corrected chi connectivity index (χ1v) is 9.23. The van der Waals surface area contributed by atoms with E-state index in [1.54, 1.807) is 31.2 Å². The fourth-order valence-electron chi connectivity index (χ4n) is 3.73. The molecule has 1 heterocycles. The number of benzene rings is 3. The molecule has 6 nitrogen and oxygen atoms in total. The van der Waals surface area contributed by atoms with E-state index in [1.807, 2.05) is 42.5 Å². The molecule has 0 saturated carbocycles. The highest BCUT2D eigenvalue weighted by atomic mass is 16.5. The first kappa shape index (κ1) is 18.7. The van der Waals surface area contributed by atoms with E-state index in [0.29, 0.717) is 5.56 Å². The molecular formula is C23H20N2O4. The number of carbonyl (C=O) groups is 3. The maximum atomic E-state index is 13.3. The summed E-state index contributed by atoms with van der Waals surface area (Å²) in [6.07, 6.45) is 0. The third-order valence-corrected chi connectivity index (χ3v) is 5.32. The highest BCUT2D eigenvalue weighted by Gasteiger charge is 2.49. The zero-order chi connectivity index (χ0) is 20.6. The van der Waals surface area contributed by atoms with Crippen LogP contribution in [0.4, 0.5) is 4.79 Å². The Labute approximate surface area is 168 Å². The molecule has 0 bridgehead atoms. The van der Waals surface area contributed by atoms with Gasteiger partial charge >= 0.3 is 12.0 Å². The Bertz CT molecular complexity index is 1120. The van der Waals surface area contributed by atoms with Crippen molar-refractivity contribution in [3.8, 4) is 0 Å². The lowest BCUT2D eigenvalue weighted by Gasteiger charge is -2.24. The lowest BCUT2D eigenvalue weighted by atomic mass is 9.88. The van der Waals surface area contributed by atoms with Crippen molar-refractivity contribution in [1.82, 2.24) is 10.2 Å². The fraction of sp³-hybridized carbons (Fsp3) is 0.174. The van der Waals surface area contributed by atoms with Gasteiger partial charge in [-0.3, -0.25) is 9.69 Å². The van der Waals surface area contributed by atoms with Crippen molar-refractivity contribution < 1.29 is 19.1 Å². The van der Waals surface area contributed by atoms with Crippen molar-refractivity contribution in [3.05, 3.63) is 83.4 Å². The molecule has 0 unspecified atom stereocenters. The van der Waals surface area contributed by atoms with Gasteiger partial charge in [0.15, 0.2) is 0 Å². The van der Waals surface area contributed by atoms with Crippen LogP contribution in [0.2, 0.25) is 0 Å². The quantitative estimate of drug-likeness (QED) is 0.547. The van der Waals surface area contributed by atoms with E-state index >= 15 is 0 Å². The number of hydrogen-bond acceptors (Lipinski definition) is 4. The van der Waals surface area contributed by atoms with Gasteiger partial charge in [-0.25, -0.2) is 9.59 Å². The van der Waals surface area contributed by atoms with Crippen LogP contribution >= 0.6 is 0 Å². The Morgan fingerprint density at radius 1 is 1.00 bits per heavy atom. The van der Waals surface area contributed by atoms with Crippen molar-refractivity contribution >= 4 is 28.7 Å². The highest BCUT2D eigenvalue weighted by Crippen LogP contribution is 2.34. The molecule has 0 radical (unpaired) electrons. The molecule has 0 aliphatic carbocycles. The zero-order valence-electron chi connectivity index (χ0n) is 16.1. The molecule has 1 aliphatic heterocycles. The van der Waals surface area contributed by atoms with Crippen LogP contribution in [0.5, 0.6) is 0 Å². The van der Waals surface area contributed by atoms with Crippen LogP contribution in [0.25, 0.3) is 10.8 Å². The van der Waals surface area contributed by atoms with E-state index in [1.165, 1.54) is 12.0 Å². The van der Waals surface area contributed by atoms with Gasteiger partial charge in [0, 0.05) is 0 Å². The largest absolute Gasteiger partial charge is 0.465 e. The van der Waals surface area contributed by atoms with Gasteiger partial charge in [0.25, 0.3) is 5.91 Å². The molecule has 1 aliphatic rings. The third kappa shape index (κ3) is 3.12. The smallest absolute Gasteiger partial charge is 0.337 e. The van der Waals surface area contributed by atoms with E-state index in [2.05, 4.69) is 10.1 Å². The number of esters is 1. The Morgan fingerprint density at radius 3 is 2.41 bits per heavy atom. The highest BCUT2D eigenvalue weighted by molar-refractivity contribution is 6.09. The van der Waals surface area contributed by atoms with Gasteiger partial charge in [-0.15, -0.1) is 0 Å². The monoisotopic (exact) mass is 388 g/mol. The number of hydrogen-bond donors (Lipinski definition) is 1. The predicted octanol–water partition coefficient (Wildman–Crippen LogP) is 3.59. The predicted molar refractivity (Wildman–Crippen MR) is 108 cm³/mol. The minimum Gasteiger partial charge on any atom is -0.465 e. The molecule has 3 aromatic rings. The second-order valence-corrected chi connectivity index (χ2v) is 7.16. The lowest BCUT2D eigenvalue weighted by molar-refractivity contribution is -0.131. The van der Waals surface area contributed by atoms with Gasteiger partial charge in [0.2, 0.25) is 0 Å². The van der Waals surface area contributed by atoms with Gasteiger partial charge in [0.05, 0.1) is 19.2 Å². The molecule has 4 rings (SSSR count). The second-order valence-electron chi connectivity index (χ2n) is 7.16. The summed E-state index contributed by atoms with van der Waals surface area (Å²) in [5.74, 6) is -0.744. The van der Waals surface area contributed by atoms with Crippen LogP contribution in [-0.2, 0) is 21.6 Å². The first-order chi connectivity index (χ1) is 13.9. The summed E-state index contributed by atoms with van der Waals surface area (Å²) in [5, 5.41) is 4.79. The molecule has 6 heteroatoms. The minimum absolute atomic E-state index is 0.118. The van der Waals surface area contributed by atoms with Gasteiger partial charge in [-0.2, -0.15) is 0 Å². The van der Waals surface area contributed by atoms with Crippen molar-refractivity contribution in [2.75, 3.05) is 7.11 Å². The molecule has 0 spiro atoms. The Balaban J connectivity index is 1.64. The van der Waals surface area contributed by atoms with Gasteiger partial charge in [-0.05, 0) is 41.0 Å². The molecule has 29 heavy (non-hydrogen) atoms. The van der Waals surface area contributed by atoms with E-state index in [9.17, 15) is 14.4 Å². The zero-order valence-corrected chi connectivity index (χ0v) is 16.1. The van der Waals surface area contributed by atoms with E-state index in [4.69, 9.17) is 0 Å².